The van der Waals surface area contributed by atoms with Crippen LogP contribution in [0.4, 0.5) is 0 Å². The van der Waals surface area contributed by atoms with E-state index in [9.17, 15) is 4.79 Å². The smallest absolute Gasteiger partial charge is 0.256 e. The molecule has 0 fully saturated rings. The first-order valence-corrected chi connectivity index (χ1v) is 6.16. The maximum absolute atomic E-state index is 12.0. The van der Waals surface area contributed by atoms with Crippen molar-refractivity contribution >= 4 is 5.84 Å². The van der Waals surface area contributed by atoms with Gasteiger partial charge in [0.2, 0.25) is 0 Å². The minimum absolute atomic E-state index is 0.173. The van der Waals surface area contributed by atoms with Gasteiger partial charge < -0.3 is 4.74 Å². The zero-order valence-electron chi connectivity index (χ0n) is 10.8. The Labute approximate surface area is 115 Å². The second-order valence-electron chi connectivity index (χ2n) is 4.40. The molecule has 2 aromatic rings. The van der Waals surface area contributed by atoms with Gasteiger partial charge in [0.1, 0.15) is 11.6 Å². The van der Waals surface area contributed by atoms with Crippen molar-refractivity contribution in [2.45, 2.75) is 13.2 Å². The molecule has 20 heavy (non-hydrogen) atoms. The van der Waals surface area contributed by atoms with E-state index in [4.69, 9.17) is 10.00 Å². The van der Waals surface area contributed by atoms with Gasteiger partial charge in [0.05, 0.1) is 17.2 Å². The van der Waals surface area contributed by atoms with Crippen LogP contribution >= 0.6 is 0 Å². The fraction of sp³-hybridized carbons (Fsp3) is 0.133. The van der Waals surface area contributed by atoms with Crippen LogP contribution in [0.2, 0.25) is 0 Å². The molecule has 0 N–H and O–H groups in total. The lowest BCUT2D eigenvalue weighted by atomic mass is 10.1. The number of benzene rings is 1. The molecule has 1 aromatic heterocycles. The van der Waals surface area contributed by atoms with E-state index in [2.05, 4.69) is 11.1 Å². The number of rotatable bonds is 0. The number of pyridine rings is 1. The summed E-state index contributed by atoms with van der Waals surface area (Å²) in [5.41, 5.74) is 0.975. The van der Waals surface area contributed by atoms with Crippen LogP contribution in [0.5, 0.6) is 5.75 Å². The van der Waals surface area contributed by atoms with Gasteiger partial charge in [-0.2, -0.15) is 5.26 Å². The zero-order chi connectivity index (χ0) is 14.1. The fourth-order valence-corrected chi connectivity index (χ4v) is 2.12. The summed E-state index contributed by atoms with van der Waals surface area (Å²) in [6, 6.07) is 12.1. The van der Waals surface area contributed by atoms with Gasteiger partial charge in [-0.1, -0.05) is 6.07 Å². The minimum atomic E-state index is -0.377. The molecule has 5 nitrogen and oxygen atoms in total. The summed E-state index contributed by atoms with van der Waals surface area (Å²) in [5.74, 6) is 1.12. The van der Waals surface area contributed by atoms with Crippen LogP contribution in [0.15, 0.2) is 52.4 Å². The normalized spacial score (nSPS) is 16.6. The van der Waals surface area contributed by atoms with Crippen molar-refractivity contribution in [2.75, 3.05) is 0 Å². The number of nitriles is 1. The van der Waals surface area contributed by atoms with E-state index in [0.29, 0.717) is 22.7 Å². The molecular formula is C15H11N3O2. The highest BCUT2D eigenvalue weighted by atomic mass is 16.5. The first-order chi connectivity index (χ1) is 9.69. The van der Waals surface area contributed by atoms with Gasteiger partial charge in [0.25, 0.3) is 5.56 Å². The highest BCUT2D eigenvalue weighted by Crippen LogP contribution is 2.26. The van der Waals surface area contributed by atoms with Gasteiger partial charge in [-0.15, -0.1) is 0 Å². The molecule has 98 valence electrons. The van der Waals surface area contributed by atoms with Gasteiger partial charge in [-0.25, -0.2) is 4.99 Å². The molecule has 5 heteroatoms. The second kappa shape index (κ2) is 4.67. The highest BCUT2D eigenvalue weighted by Gasteiger charge is 2.21. The molecule has 1 unspecified atom stereocenters. The molecule has 1 aromatic carbocycles. The summed E-state index contributed by atoms with van der Waals surface area (Å²) < 4.78 is 7.07. The Balaban J connectivity index is 2.24. The number of fused-ring (bicyclic) bond motifs is 1. The highest BCUT2D eigenvalue weighted by molar-refractivity contribution is 6.03. The lowest BCUT2D eigenvalue weighted by Crippen LogP contribution is -2.32. The topological polar surface area (TPSA) is 67.4 Å². The maximum atomic E-state index is 12.0. The number of hydrogen-bond acceptors (Lipinski definition) is 4. The summed E-state index contributed by atoms with van der Waals surface area (Å²) in [4.78, 5) is 16.3. The molecule has 0 radical (unpaired) electrons. The third-order valence-corrected chi connectivity index (χ3v) is 3.00. The van der Waals surface area contributed by atoms with E-state index >= 15 is 0 Å². The predicted molar refractivity (Wildman–Crippen MR) is 73.9 cm³/mol. The van der Waals surface area contributed by atoms with E-state index in [1.165, 1.54) is 10.6 Å². The Kier molecular flexibility index (Phi) is 2.84. The Morgan fingerprint density at radius 1 is 1.35 bits per heavy atom. The summed E-state index contributed by atoms with van der Waals surface area (Å²) in [6.45, 7) is 1.80. The largest absolute Gasteiger partial charge is 0.468 e. The number of nitrogens with zero attached hydrogens (tertiary/aromatic N) is 3. The molecule has 0 spiro atoms. The number of hydrogen-bond donors (Lipinski definition) is 0. The zero-order valence-corrected chi connectivity index (χ0v) is 10.8. The van der Waals surface area contributed by atoms with Crippen LogP contribution in [-0.4, -0.2) is 16.6 Å². The van der Waals surface area contributed by atoms with Crippen molar-refractivity contribution in [3.05, 3.63) is 64.1 Å². The van der Waals surface area contributed by atoms with E-state index in [0.717, 1.165) is 0 Å². The van der Waals surface area contributed by atoms with E-state index in [1.54, 1.807) is 43.5 Å². The van der Waals surface area contributed by atoms with Crippen LogP contribution in [-0.2, 0) is 0 Å². The lowest BCUT2D eigenvalue weighted by molar-refractivity contribution is 0.225. The number of aromatic nitrogens is 1. The summed E-state index contributed by atoms with van der Waals surface area (Å²) in [7, 11) is 0. The van der Waals surface area contributed by atoms with Crippen molar-refractivity contribution in [2.24, 2.45) is 4.99 Å². The van der Waals surface area contributed by atoms with Crippen LogP contribution in [0.25, 0.3) is 0 Å². The quantitative estimate of drug-likeness (QED) is 0.728. The van der Waals surface area contributed by atoms with Crippen LogP contribution in [0.3, 0.4) is 0 Å². The second-order valence-corrected chi connectivity index (χ2v) is 4.40. The average Bonchev–Trinajstić information content (AvgIpc) is 2.46. The molecule has 0 amide bonds. The van der Waals surface area contributed by atoms with Crippen molar-refractivity contribution < 1.29 is 4.74 Å². The fourth-order valence-electron chi connectivity index (χ4n) is 2.12. The maximum Gasteiger partial charge on any atom is 0.256 e. The average molecular weight is 265 g/mol. The van der Waals surface area contributed by atoms with Crippen molar-refractivity contribution in [3.63, 3.8) is 0 Å². The van der Waals surface area contributed by atoms with Crippen LogP contribution in [0, 0.1) is 11.3 Å². The van der Waals surface area contributed by atoms with E-state index in [1.807, 2.05) is 0 Å². The van der Waals surface area contributed by atoms with Crippen molar-refractivity contribution in [3.8, 4) is 11.8 Å². The van der Waals surface area contributed by atoms with Crippen LogP contribution < -0.4 is 10.3 Å². The van der Waals surface area contributed by atoms with Gasteiger partial charge in [-0.05, 0) is 31.2 Å². The lowest BCUT2D eigenvalue weighted by Gasteiger charge is -2.23. The molecule has 1 aliphatic rings. The van der Waals surface area contributed by atoms with Gasteiger partial charge in [-0.3, -0.25) is 9.36 Å². The van der Waals surface area contributed by atoms with E-state index < -0.39 is 0 Å². The molecule has 3 rings (SSSR count). The third kappa shape index (κ3) is 1.97. The summed E-state index contributed by atoms with van der Waals surface area (Å²) in [5, 5.41) is 9.00. The van der Waals surface area contributed by atoms with Crippen molar-refractivity contribution in [1.82, 2.24) is 4.57 Å². The van der Waals surface area contributed by atoms with Crippen molar-refractivity contribution in [1.29, 1.82) is 5.26 Å². The molecule has 0 saturated heterocycles. The summed E-state index contributed by atoms with van der Waals surface area (Å²) >= 11 is 0. The molecule has 0 aliphatic carbocycles. The Hall–Kier alpha value is -2.87. The van der Waals surface area contributed by atoms with E-state index in [-0.39, 0.29) is 11.8 Å². The first-order valence-electron chi connectivity index (χ1n) is 6.16. The van der Waals surface area contributed by atoms with Gasteiger partial charge >= 0.3 is 0 Å². The monoisotopic (exact) mass is 265 g/mol. The minimum Gasteiger partial charge on any atom is -0.468 e. The molecule has 1 aliphatic heterocycles. The third-order valence-electron chi connectivity index (χ3n) is 3.00. The van der Waals surface area contributed by atoms with Gasteiger partial charge in [0.15, 0.2) is 6.23 Å². The number of ether oxygens (including phenoxy) is 1. The number of aliphatic imine (C=N–C) groups is 1. The first kappa shape index (κ1) is 12.2. The Morgan fingerprint density at radius 3 is 2.95 bits per heavy atom. The SMILES string of the molecule is CC1N=C(n2ccccc2=O)c2cc(C#N)ccc2O1. The standard InChI is InChI=1S/C15H11N3O2/c1-10-17-15(18-7-3-2-4-14(18)19)12-8-11(9-16)5-6-13(12)20-10/h2-8,10H,1H3. The molecule has 2 heterocycles. The Bertz CT molecular complexity index is 799. The molecule has 0 saturated carbocycles. The molecule has 1 atom stereocenters. The van der Waals surface area contributed by atoms with Crippen LogP contribution in [0.1, 0.15) is 18.1 Å². The molecular weight excluding hydrogens is 254 g/mol. The Morgan fingerprint density at radius 2 is 2.20 bits per heavy atom. The predicted octanol–water partition coefficient (Wildman–Crippen LogP) is 1.75. The molecule has 0 bridgehead atoms. The van der Waals surface area contributed by atoms with Gasteiger partial charge in [0, 0.05) is 12.3 Å². The summed E-state index contributed by atoms with van der Waals surface area (Å²) in [6.07, 6.45) is 1.28.